The molecule has 112 valence electrons. The summed E-state index contributed by atoms with van der Waals surface area (Å²) in [7, 11) is 0. The van der Waals surface area contributed by atoms with E-state index >= 15 is 0 Å². The Hall–Kier alpha value is -2.46. The third-order valence-electron chi connectivity index (χ3n) is 4.86. The molecule has 0 fully saturated rings. The smallest absolute Gasteiger partial charge is 0.192 e. The van der Waals surface area contributed by atoms with Gasteiger partial charge in [-0.3, -0.25) is 9.59 Å². The SMILES string of the molecule is O=C1CCC2=C1C(c1cccs1)C1=C(N2)c2ccccc2C1=O. The van der Waals surface area contributed by atoms with Crippen LogP contribution >= 0.6 is 11.3 Å². The zero-order valence-electron chi connectivity index (χ0n) is 12.3. The number of allylic oxidation sites excluding steroid dienone is 3. The summed E-state index contributed by atoms with van der Waals surface area (Å²) >= 11 is 1.61. The van der Waals surface area contributed by atoms with Crippen LogP contribution in [0, 0.1) is 0 Å². The van der Waals surface area contributed by atoms with Crippen LogP contribution in [-0.2, 0) is 4.79 Å². The van der Waals surface area contributed by atoms with Crippen LogP contribution in [0.4, 0.5) is 0 Å². The van der Waals surface area contributed by atoms with Crippen molar-refractivity contribution in [2.75, 3.05) is 0 Å². The van der Waals surface area contributed by atoms with Crippen molar-refractivity contribution in [2.24, 2.45) is 0 Å². The van der Waals surface area contributed by atoms with Crippen molar-refractivity contribution < 1.29 is 9.59 Å². The van der Waals surface area contributed by atoms with Crippen molar-refractivity contribution in [1.82, 2.24) is 5.32 Å². The van der Waals surface area contributed by atoms with E-state index in [9.17, 15) is 9.59 Å². The summed E-state index contributed by atoms with van der Waals surface area (Å²) in [5.74, 6) is 0.00473. The minimum atomic E-state index is -0.212. The van der Waals surface area contributed by atoms with Gasteiger partial charge in [-0.2, -0.15) is 0 Å². The lowest BCUT2D eigenvalue weighted by Crippen LogP contribution is -2.25. The van der Waals surface area contributed by atoms with E-state index in [4.69, 9.17) is 0 Å². The number of dihydropyridines is 1. The molecule has 3 nitrogen and oxygen atoms in total. The van der Waals surface area contributed by atoms with Gasteiger partial charge < -0.3 is 5.32 Å². The van der Waals surface area contributed by atoms with E-state index in [1.165, 1.54) is 0 Å². The van der Waals surface area contributed by atoms with Gasteiger partial charge in [-0.15, -0.1) is 11.3 Å². The van der Waals surface area contributed by atoms with Crippen molar-refractivity contribution >= 4 is 28.6 Å². The van der Waals surface area contributed by atoms with Gasteiger partial charge in [-0.05, 0) is 17.9 Å². The molecule has 1 aliphatic heterocycles. The first-order valence-corrected chi connectivity index (χ1v) is 8.58. The van der Waals surface area contributed by atoms with Crippen molar-refractivity contribution in [2.45, 2.75) is 18.8 Å². The van der Waals surface area contributed by atoms with Crippen molar-refractivity contribution in [1.29, 1.82) is 0 Å². The molecule has 4 heteroatoms. The average Bonchev–Trinajstić information content (AvgIpc) is 3.28. The van der Waals surface area contributed by atoms with Crippen molar-refractivity contribution in [3.63, 3.8) is 0 Å². The molecule has 1 unspecified atom stereocenters. The Labute approximate surface area is 137 Å². The second-order valence-corrected chi connectivity index (χ2v) is 7.03. The Bertz CT molecular complexity index is 934. The fourth-order valence-electron chi connectivity index (χ4n) is 3.89. The number of thiophene rings is 1. The quantitative estimate of drug-likeness (QED) is 0.872. The highest BCUT2D eigenvalue weighted by atomic mass is 32.1. The fourth-order valence-corrected chi connectivity index (χ4v) is 4.73. The standard InChI is InChI=1S/C19H13NO2S/c21-13-8-7-12-15(13)16(14-6-3-9-23-14)17-18(20-12)10-4-1-2-5-11(10)19(17)22/h1-6,9,16,20H,7-8H2. The van der Waals surface area contributed by atoms with Crippen LogP contribution in [0.3, 0.4) is 0 Å². The van der Waals surface area contributed by atoms with Gasteiger partial charge in [0.2, 0.25) is 0 Å². The summed E-state index contributed by atoms with van der Waals surface area (Å²) in [6, 6.07) is 11.7. The molecule has 0 saturated carbocycles. The number of Topliss-reactive ketones (excluding diaryl/α,β-unsaturated/α-hetero) is 2. The maximum absolute atomic E-state index is 13.0. The van der Waals surface area contributed by atoms with Crippen molar-refractivity contribution in [3.8, 4) is 0 Å². The number of rotatable bonds is 1. The Kier molecular flexibility index (Phi) is 2.56. The molecule has 2 aromatic rings. The maximum atomic E-state index is 13.0. The highest BCUT2D eigenvalue weighted by Gasteiger charge is 2.44. The zero-order valence-corrected chi connectivity index (χ0v) is 13.1. The molecule has 1 atom stereocenters. The number of ketones is 2. The predicted molar refractivity (Wildman–Crippen MR) is 89.2 cm³/mol. The molecular formula is C19H13NO2S. The predicted octanol–water partition coefficient (Wildman–Crippen LogP) is 3.66. The molecule has 0 spiro atoms. The van der Waals surface area contributed by atoms with Crippen LogP contribution in [0.5, 0.6) is 0 Å². The second kappa shape index (κ2) is 4.52. The molecule has 0 radical (unpaired) electrons. The van der Waals surface area contributed by atoms with E-state index in [-0.39, 0.29) is 17.5 Å². The van der Waals surface area contributed by atoms with Crippen LogP contribution in [0.2, 0.25) is 0 Å². The van der Waals surface area contributed by atoms with Gasteiger partial charge in [0, 0.05) is 39.3 Å². The average molecular weight is 319 g/mol. The molecule has 1 N–H and O–H groups in total. The lowest BCUT2D eigenvalue weighted by Gasteiger charge is -2.26. The zero-order chi connectivity index (χ0) is 15.6. The largest absolute Gasteiger partial charge is 0.358 e. The first-order chi connectivity index (χ1) is 11.3. The molecular weight excluding hydrogens is 306 g/mol. The molecule has 0 bridgehead atoms. The fraction of sp³-hybridized carbons (Fsp3) is 0.158. The van der Waals surface area contributed by atoms with Gasteiger partial charge in [0.15, 0.2) is 11.6 Å². The van der Waals surface area contributed by atoms with Crippen LogP contribution in [-0.4, -0.2) is 11.6 Å². The molecule has 23 heavy (non-hydrogen) atoms. The lowest BCUT2D eigenvalue weighted by molar-refractivity contribution is -0.115. The molecule has 2 heterocycles. The first kappa shape index (κ1) is 13.0. The third kappa shape index (κ3) is 1.64. The van der Waals surface area contributed by atoms with E-state index in [1.807, 2.05) is 41.8 Å². The Morgan fingerprint density at radius 2 is 1.78 bits per heavy atom. The first-order valence-electron chi connectivity index (χ1n) is 7.70. The number of hydrogen-bond donors (Lipinski definition) is 1. The normalized spacial score (nSPS) is 22.2. The van der Waals surface area contributed by atoms with Crippen LogP contribution in [0.1, 0.15) is 39.6 Å². The minimum absolute atomic E-state index is 0.0488. The van der Waals surface area contributed by atoms with Crippen LogP contribution < -0.4 is 5.32 Å². The molecule has 1 aromatic carbocycles. The number of carbonyl (C=O) groups excluding carboxylic acids is 2. The van der Waals surface area contributed by atoms with Crippen LogP contribution in [0.25, 0.3) is 5.70 Å². The highest BCUT2D eigenvalue weighted by molar-refractivity contribution is 7.10. The van der Waals surface area contributed by atoms with Gasteiger partial charge in [-0.25, -0.2) is 0 Å². The van der Waals surface area contributed by atoms with E-state index < -0.39 is 0 Å². The van der Waals surface area contributed by atoms with E-state index in [1.54, 1.807) is 11.3 Å². The molecule has 0 amide bonds. The molecule has 0 saturated heterocycles. The molecule has 5 rings (SSSR count). The van der Waals surface area contributed by atoms with E-state index in [2.05, 4.69) is 5.32 Å². The topological polar surface area (TPSA) is 46.2 Å². The van der Waals surface area contributed by atoms with Crippen LogP contribution in [0.15, 0.2) is 58.6 Å². The number of nitrogens with one attached hydrogen (secondary N) is 1. The monoisotopic (exact) mass is 319 g/mol. The van der Waals surface area contributed by atoms with Gasteiger partial charge in [0.05, 0.1) is 11.6 Å². The summed E-state index contributed by atoms with van der Waals surface area (Å²) in [5.41, 5.74) is 5.13. The van der Waals surface area contributed by atoms with Gasteiger partial charge in [-0.1, -0.05) is 30.3 Å². The Balaban J connectivity index is 1.77. The summed E-state index contributed by atoms with van der Waals surface area (Å²) in [4.78, 5) is 26.5. The number of hydrogen-bond acceptors (Lipinski definition) is 4. The molecule has 2 aliphatic carbocycles. The van der Waals surface area contributed by atoms with Gasteiger partial charge in [0.1, 0.15) is 0 Å². The summed E-state index contributed by atoms with van der Waals surface area (Å²) in [6.45, 7) is 0. The number of carbonyl (C=O) groups is 2. The summed E-state index contributed by atoms with van der Waals surface area (Å²) < 4.78 is 0. The van der Waals surface area contributed by atoms with Crippen molar-refractivity contribution in [3.05, 3.63) is 74.6 Å². The maximum Gasteiger partial charge on any atom is 0.192 e. The number of benzene rings is 1. The van der Waals surface area contributed by atoms with Gasteiger partial charge >= 0.3 is 0 Å². The third-order valence-corrected chi connectivity index (χ3v) is 5.80. The highest BCUT2D eigenvalue weighted by Crippen LogP contribution is 2.50. The molecule has 3 aliphatic rings. The van der Waals surface area contributed by atoms with E-state index in [0.717, 1.165) is 45.0 Å². The van der Waals surface area contributed by atoms with Gasteiger partial charge in [0.25, 0.3) is 0 Å². The Morgan fingerprint density at radius 3 is 2.57 bits per heavy atom. The minimum Gasteiger partial charge on any atom is -0.358 e. The Morgan fingerprint density at radius 1 is 0.957 bits per heavy atom. The second-order valence-electron chi connectivity index (χ2n) is 6.05. The van der Waals surface area contributed by atoms with E-state index in [0.29, 0.717) is 6.42 Å². The summed E-state index contributed by atoms with van der Waals surface area (Å²) in [5, 5.41) is 5.41. The number of fused-ring (bicyclic) bond motifs is 2. The molecule has 1 aromatic heterocycles. The lowest BCUT2D eigenvalue weighted by atomic mass is 9.83. The summed E-state index contributed by atoms with van der Waals surface area (Å²) in [6.07, 6.45) is 1.28.